The average molecular weight is 533 g/mol. The van der Waals surface area contributed by atoms with Crippen molar-refractivity contribution in [3.63, 3.8) is 0 Å². The van der Waals surface area contributed by atoms with Gasteiger partial charge in [0.1, 0.15) is 11.6 Å². The molecule has 7 heteroatoms. The lowest BCUT2D eigenvalue weighted by molar-refractivity contribution is 0.159. The van der Waals surface area contributed by atoms with Crippen LogP contribution < -0.4 is 10.6 Å². The number of fused-ring (bicyclic) bond motifs is 4. The van der Waals surface area contributed by atoms with Crippen LogP contribution in [0.15, 0.2) is 48.7 Å². The monoisotopic (exact) mass is 532 g/mol. The number of ether oxygens (including phenoxy) is 1. The molecule has 2 aromatic heterocycles. The summed E-state index contributed by atoms with van der Waals surface area (Å²) in [7, 11) is 1.78. The number of nitrogens with zero attached hydrogens (tertiary/aromatic N) is 2. The molecule has 204 valence electrons. The molecule has 7 nitrogen and oxygen atoms in total. The van der Waals surface area contributed by atoms with Gasteiger partial charge in [0.25, 0.3) is 0 Å². The summed E-state index contributed by atoms with van der Waals surface area (Å²) in [6.07, 6.45) is 8.88. The van der Waals surface area contributed by atoms with Gasteiger partial charge in [-0.3, -0.25) is 0 Å². The number of imidazole rings is 2. The summed E-state index contributed by atoms with van der Waals surface area (Å²) in [5, 5.41) is 9.67. The fourth-order valence-electron chi connectivity index (χ4n) is 7.34. The number of hydrogen-bond donors (Lipinski definition) is 4. The minimum absolute atomic E-state index is 0.269. The van der Waals surface area contributed by atoms with E-state index in [9.17, 15) is 0 Å². The molecule has 1 aliphatic carbocycles. The van der Waals surface area contributed by atoms with Crippen molar-refractivity contribution in [2.75, 3.05) is 26.8 Å². The molecule has 0 spiro atoms. The fourth-order valence-corrected chi connectivity index (χ4v) is 7.34. The maximum absolute atomic E-state index is 5.37. The van der Waals surface area contributed by atoms with Crippen molar-refractivity contribution in [3.8, 4) is 22.4 Å². The highest BCUT2D eigenvalue weighted by molar-refractivity contribution is 6.05. The van der Waals surface area contributed by atoms with Gasteiger partial charge in [0.15, 0.2) is 0 Å². The molecule has 4 heterocycles. The predicted molar refractivity (Wildman–Crippen MR) is 159 cm³/mol. The summed E-state index contributed by atoms with van der Waals surface area (Å²) in [6.45, 7) is 2.85. The Labute approximate surface area is 234 Å². The van der Waals surface area contributed by atoms with Crippen LogP contribution in [0.5, 0.6) is 0 Å². The molecule has 0 radical (unpaired) electrons. The van der Waals surface area contributed by atoms with Gasteiger partial charge in [-0.2, -0.15) is 0 Å². The van der Waals surface area contributed by atoms with Gasteiger partial charge in [-0.25, -0.2) is 9.97 Å². The normalized spacial score (nSPS) is 22.6. The van der Waals surface area contributed by atoms with Crippen LogP contribution in [0.4, 0.5) is 0 Å². The van der Waals surface area contributed by atoms with Crippen LogP contribution >= 0.6 is 0 Å². The third-order valence-corrected chi connectivity index (χ3v) is 9.32. The van der Waals surface area contributed by atoms with Crippen LogP contribution in [-0.2, 0) is 17.6 Å². The number of rotatable bonds is 6. The van der Waals surface area contributed by atoms with E-state index < -0.39 is 0 Å². The smallest absolute Gasteiger partial charge is 0.124 e. The maximum atomic E-state index is 5.37. The van der Waals surface area contributed by atoms with Gasteiger partial charge in [0.05, 0.1) is 41.6 Å². The number of H-pyrrole nitrogens is 2. The van der Waals surface area contributed by atoms with E-state index in [0.717, 1.165) is 73.8 Å². The molecule has 2 saturated heterocycles. The van der Waals surface area contributed by atoms with Crippen LogP contribution in [0.2, 0.25) is 0 Å². The van der Waals surface area contributed by atoms with E-state index >= 15 is 0 Å². The lowest BCUT2D eigenvalue weighted by atomic mass is 9.91. The maximum Gasteiger partial charge on any atom is 0.124 e. The first kappa shape index (κ1) is 24.3. The second-order valence-electron chi connectivity index (χ2n) is 11.8. The molecule has 8 rings (SSSR count). The topological polar surface area (TPSA) is 90.7 Å². The molecule has 5 aromatic rings. The number of nitrogens with one attached hydrogen (secondary N) is 4. The largest absolute Gasteiger partial charge is 0.384 e. The molecule has 0 amide bonds. The van der Waals surface area contributed by atoms with Gasteiger partial charge in [-0.15, -0.1) is 0 Å². The molecule has 4 N–H and O–H groups in total. The molecule has 0 saturated carbocycles. The summed E-state index contributed by atoms with van der Waals surface area (Å²) >= 11 is 0. The molecular weight excluding hydrogens is 496 g/mol. The summed E-state index contributed by atoms with van der Waals surface area (Å²) in [5.74, 6) is 2.65. The Morgan fingerprint density at radius 2 is 1.80 bits per heavy atom. The molecule has 2 fully saturated rings. The highest BCUT2D eigenvalue weighted by Gasteiger charge is 2.28. The van der Waals surface area contributed by atoms with Crippen LogP contribution in [-0.4, -0.2) is 46.7 Å². The van der Waals surface area contributed by atoms with Gasteiger partial charge in [0.2, 0.25) is 0 Å². The Bertz CT molecular complexity index is 1710. The van der Waals surface area contributed by atoms with Gasteiger partial charge < -0.3 is 25.3 Å². The third kappa shape index (κ3) is 4.07. The quantitative estimate of drug-likeness (QED) is 0.216. The first-order chi connectivity index (χ1) is 19.7. The van der Waals surface area contributed by atoms with Crippen molar-refractivity contribution >= 4 is 21.8 Å². The molecule has 0 unspecified atom stereocenters. The molecule has 3 aromatic carbocycles. The minimum Gasteiger partial charge on any atom is -0.384 e. The first-order valence-corrected chi connectivity index (χ1v) is 14.8. The van der Waals surface area contributed by atoms with Crippen molar-refractivity contribution in [3.05, 3.63) is 71.4 Å². The predicted octanol–water partition coefficient (Wildman–Crippen LogP) is 5.98. The van der Waals surface area contributed by atoms with Crippen molar-refractivity contribution in [2.24, 2.45) is 5.92 Å². The van der Waals surface area contributed by atoms with E-state index in [1.807, 2.05) is 6.20 Å². The zero-order chi connectivity index (χ0) is 26.6. The Morgan fingerprint density at radius 1 is 0.900 bits per heavy atom. The summed E-state index contributed by atoms with van der Waals surface area (Å²) in [5.41, 5.74) is 10.2. The average Bonchev–Trinajstić information content (AvgIpc) is 3.81. The number of aromatic amines is 2. The van der Waals surface area contributed by atoms with Crippen molar-refractivity contribution < 1.29 is 4.74 Å². The lowest BCUT2D eigenvalue weighted by Crippen LogP contribution is -2.15. The SMILES string of the molecule is COC[C@@H]1CN[C@H](c2ncc(-c3ccc(-c4ccc5c(ccc6nc([C@@H]7CCCN7)[nH]c65)c4)c4c3CCC4)[nH]2)C1. The molecule has 3 aliphatic rings. The van der Waals surface area contributed by atoms with Crippen LogP contribution in [0, 0.1) is 5.92 Å². The lowest BCUT2D eigenvalue weighted by Gasteiger charge is -2.14. The van der Waals surface area contributed by atoms with E-state index in [-0.39, 0.29) is 6.04 Å². The molecule has 3 atom stereocenters. The highest BCUT2D eigenvalue weighted by Crippen LogP contribution is 2.40. The Hall–Kier alpha value is -3.52. The zero-order valence-corrected chi connectivity index (χ0v) is 23.0. The Morgan fingerprint density at radius 3 is 2.67 bits per heavy atom. The van der Waals surface area contributed by atoms with Gasteiger partial charge >= 0.3 is 0 Å². The Balaban J connectivity index is 1.12. The number of methoxy groups -OCH3 is 1. The van der Waals surface area contributed by atoms with E-state index in [4.69, 9.17) is 14.7 Å². The van der Waals surface area contributed by atoms with E-state index in [1.54, 1.807) is 7.11 Å². The van der Waals surface area contributed by atoms with Crippen LogP contribution in [0.3, 0.4) is 0 Å². The number of benzene rings is 3. The number of aromatic nitrogens is 4. The minimum atomic E-state index is 0.269. The number of hydrogen-bond acceptors (Lipinski definition) is 5. The summed E-state index contributed by atoms with van der Waals surface area (Å²) in [6, 6.07) is 16.5. The summed E-state index contributed by atoms with van der Waals surface area (Å²) < 4.78 is 5.37. The third-order valence-electron chi connectivity index (χ3n) is 9.32. The van der Waals surface area contributed by atoms with Crippen molar-refractivity contribution in [1.82, 2.24) is 30.6 Å². The zero-order valence-electron chi connectivity index (χ0n) is 23.0. The molecular formula is C33H36N6O. The van der Waals surface area contributed by atoms with E-state index in [2.05, 4.69) is 63.1 Å². The van der Waals surface area contributed by atoms with Crippen LogP contribution in [0.25, 0.3) is 44.2 Å². The van der Waals surface area contributed by atoms with Crippen molar-refractivity contribution in [1.29, 1.82) is 0 Å². The van der Waals surface area contributed by atoms with Gasteiger partial charge in [-0.1, -0.05) is 30.3 Å². The second-order valence-corrected chi connectivity index (χ2v) is 11.8. The fraction of sp³-hybridized carbons (Fsp3) is 0.394. The van der Waals surface area contributed by atoms with Crippen LogP contribution in [0.1, 0.15) is 60.5 Å². The van der Waals surface area contributed by atoms with Gasteiger partial charge in [-0.05, 0) is 90.8 Å². The molecule has 2 aliphatic heterocycles. The molecule has 40 heavy (non-hydrogen) atoms. The van der Waals surface area contributed by atoms with E-state index in [0.29, 0.717) is 12.0 Å². The van der Waals surface area contributed by atoms with Gasteiger partial charge in [0, 0.05) is 24.6 Å². The standard InChI is InChI=1S/C33H36N6O/c1-40-18-19-14-29(35-16-19)32-36-17-30(38-32)26-11-10-22(24-4-2-5-25(24)26)20-7-9-23-21(15-20)8-12-27-31(23)39-33(37-27)28-6-3-13-34-28/h7-12,15,17,19,28-29,34-35H,2-6,13-14,16,18H2,1H3,(H,36,38)(H,37,39)/t19-,28-,29-/m0/s1. The van der Waals surface area contributed by atoms with Crippen molar-refractivity contribution in [2.45, 2.75) is 50.6 Å². The highest BCUT2D eigenvalue weighted by atomic mass is 16.5. The van der Waals surface area contributed by atoms with E-state index in [1.165, 1.54) is 51.4 Å². The first-order valence-electron chi connectivity index (χ1n) is 14.8. The second kappa shape index (κ2) is 9.84. The summed E-state index contributed by atoms with van der Waals surface area (Å²) in [4.78, 5) is 17.0. The Kier molecular flexibility index (Phi) is 5.97. The molecule has 0 bridgehead atoms.